The molecule has 0 aliphatic heterocycles. The molecule has 0 unspecified atom stereocenters. The molecule has 26 heavy (non-hydrogen) atoms. The summed E-state index contributed by atoms with van der Waals surface area (Å²) in [6, 6.07) is 11.9. The first-order valence-corrected chi connectivity index (χ1v) is 8.41. The van der Waals surface area contributed by atoms with Gasteiger partial charge in [0.2, 0.25) is 0 Å². The van der Waals surface area contributed by atoms with Crippen molar-refractivity contribution in [2.45, 2.75) is 26.7 Å². The number of nitrogens with one attached hydrogen (secondary N) is 2. The first-order valence-electron chi connectivity index (χ1n) is 8.41. The number of rotatable bonds is 5. The Morgan fingerprint density at radius 3 is 1.88 bits per heavy atom. The summed E-state index contributed by atoms with van der Waals surface area (Å²) in [5.41, 5.74) is 3.43. The van der Waals surface area contributed by atoms with Crippen LogP contribution in [-0.4, -0.2) is 24.9 Å². The number of carbonyl (C=O) groups excluding carboxylic acids is 3. The highest BCUT2D eigenvalue weighted by atomic mass is 16.5. The maximum Gasteiger partial charge on any atom is 0.337 e. The van der Waals surface area contributed by atoms with E-state index < -0.39 is 17.8 Å². The molecule has 0 aliphatic carbocycles. The van der Waals surface area contributed by atoms with Crippen molar-refractivity contribution in [1.29, 1.82) is 0 Å². The van der Waals surface area contributed by atoms with Crippen molar-refractivity contribution < 1.29 is 19.1 Å². The second-order valence-corrected chi connectivity index (χ2v) is 5.64. The monoisotopic (exact) mass is 354 g/mol. The van der Waals surface area contributed by atoms with Crippen LogP contribution in [0.1, 0.15) is 35.3 Å². The van der Waals surface area contributed by atoms with Gasteiger partial charge in [0.25, 0.3) is 0 Å². The van der Waals surface area contributed by atoms with E-state index in [0.29, 0.717) is 16.9 Å². The van der Waals surface area contributed by atoms with Crippen LogP contribution in [0.25, 0.3) is 0 Å². The van der Waals surface area contributed by atoms with Gasteiger partial charge in [0, 0.05) is 11.4 Å². The van der Waals surface area contributed by atoms with E-state index in [9.17, 15) is 14.4 Å². The Labute approximate surface area is 152 Å². The topological polar surface area (TPSA) is 84.5 Å². The third-order valence-corrected chi connectivity index (χ3v) is 4.01. The third-order valence-electron chi connectivity index (χ3n) is 4.01. The lowest BCUT2D eigenvalue weighted by Crippen LogP contribution is -2.29. The minimum absolute atomic E-state index is 0.361. The van der Waals surface area contributed by atoms with Crippen LogP contribution >= 0.6 is 0 Å². The number of amides is 2. The quantitative estimate of drug-likeness (QED) is 0.638. The van der Waals surface area contributed by atoms with E-state index in [2.05, 4.69) is 15.4 Å². The molecule has 0 spiro atoms. The van der Waals surface area contributed by atoms with Crippen LogP contribution in [0.15, 0.2) is 42.5 Å². The largest absolute Gasteiger partial charge is 0.465 e. The Kier molecular flexibility index (Phi) is 6.49. The molecule has 2 aromatic carbocycles. The van der Waals surface area contributed by atoms with Crippen LogP contribution in [-0.2, 0) is 27.2 Å². The summed E-state index contributed by atoms with van der Waals surface area (Å²) in [5, 5.41) is 5.23. The van der Waals surface area contributed by atoms with Gasteiger partial charge in [0.1, 0.15) is 0 Å². The van der Waals surface area contributed by atoms with Gasteiger partial charge in [-0.05, 0) is 48.2 Å². The van der Waals surface area contributed by atoms with Gasteiger partial charge in [-0.15, -0.1) is 0 Å². The lowest BCUT2D eigenvalue weighted by molar-refractivity contribution is -0.133. The predicted molar refractivity (Wildman–Crippen MR) is 100 cm³/mol. The molecule has 0 fully saturated rings. The standard InChI is InChI=1S/C20H22N2O4/c1-4-13-7-6-8-14(5-2)17(13)22-19(24)18(23)21-16-11-9-15(10-12-16)20(25)26-3/h6-12H,4-5H2,1-3H3,(H,21,23)(H,22,24). The first-order chi connectivity index (χ1) is 12.5. The summed E-state index contributed by atoms with van der Waals surface area (Å²) < 4.78 is 4.62. The molecule has 2 rings (SSSR count). The molecular weight excluding hydrogens is 332 g/mol. The zero-order chi connectivity index (χ0) is 19.1. The average Bonchev–Trinajstić information content (AvgIpc) is 2.67. The molecule has 0 radical (unpaired) electrons. The molecule has 0 aromatic heterocycles. The normalized spacial score (nSPS) is 10.1. The van der Waals surface area contributed by atoms with Gasteiger partial charge in [-0.25, -0.2) is 4.79 Å². The summed E-state index contributed by atoms with van der Waals surface area (Å²) >= 11 is 0. The summed E-state index contributed by atoms with van der Waals surface area (Å²) in [6.45, 7) is 3.99. The van der Waals surface area contributed by atoms with Crippen molar-refractivity contribution in [3.63, 3.8) is 0 Å². The fraction of sp³-hybridized carbons (Fsp3) is 0.250. The van der Waals surface area contributed by atoms with E-state index in [1.165, 1.54) is 31.4 Å². The molecule has 0 saturated carbocycles. The predicted octanol–water partition coefficient (Wildman–Crippen LogP) is 3.18. The molecule has 6 nitrogen and oxygen atoms in total. The van der Waals surface area contributed by atoms with Gasteiger partial charge in [-0.2, -0.15) is 0 Å². The Bertz CT molecular complexity index is 791. The van der Waals surface area contributed by atoms with E-state index >= 15 is 0 Å². The van der Waals surface area contributed by atoms with E-state index in [4.69, 9.17) is 0 Å². The van der Waals surface area contributed by atoms with Gasteiger partial charge < -0.3 is 15.4 Å². The SMILES string of the molecule is CCc1cccc(CC)c1NC(=O)C(=O)Nc1ccc(C(=O)OC)cc1. The molecule has 2 amide bonds. The number of carbonyl (C=O) groups is 3. The fourth-order valence-corrected chi connectivity index (χ4v) is 2.57. The number of esters is 1. The van der Waals surface area contributed by atoms with Crippen molar-refractivity contribution in [2.75, 3.05) is 17.7 Å². The summed E-state index contributed by atoms with van der Waals surface area (Å²) in [5.74, 6) is -1.98. The molecule has 136 valence electrons. The molecule has 2 N–H and O–H groups in total. The van der Waals surface area contributed by atoms with Crippen LogP contribution in [0.5, 0.6) is 0 Å². The van der Waals surface area contributed by atoms with Crippen LogP contribution < -0.4 is 10.6 Å². The molecule has 0 bridgehead atoms. The number of benzene rings is 2. The smallest absolute Gasteiger partial charge is 0.337 e. The van der Waals surface area contributed by atoms with E-state index in [0.717, 1.165) is 24.0 Å². The number of aryl methyl sites for hydroxylation is 2. The van der Waals surface area contributed by atoms with Crippen molar-refractivity contribution in [3.05, 3.63) is 59.2 Å². The highest BCUT2D eigenvalue weighted by Crippen LogP contribution is 2.22. The van der Waals surface area contributed by atoms with Crippen molar-refractivity contribution in [2.24, 2.45) is 0 Å². The van der Waals surface area contributed by atoms with Crippen LogP contribution in [0.3, 0.4) is 0 Å². The zero-order valence-electron chi connectivity index (χ0n) is 15.1. The molecule has 0 saturated heterocycles. The van der Waals surface area contributed by atoms with Gasteiger partial charge >= 0.3 is 17.8 Å². The Balaban J connectivity index is 2.09. The van der Waals surface area contributed by atoms with Crippen molar-refractivity contribution in [1.82, 2.24) is 0 Å². The average molecular weight is 354 g/mol. The van der Waals surface area contributed by atoms with Crippen molar-refractivity contribution >= 4 is 29.2 Å². The van der Waals surface area contributed by atoms with Gasteiger partial charge in [0.05, 0.1) is 12.7 Å². The molecular formula is C20H22N2O4. The second kappa shape index (κ2) is 8.80. The van der Waals surface area contributed by atoms with E-state index in [-0.39, 0.29) is 0 Å². The number of methoxy groups -OCH3 is 1. The fourth-order valence-electron chi connectivity index (χ4n) is 2.57. The molecule has 0 atom stereocenters. The Morgan fingerprint density at radius 1 is 0.846 bits per heavy atom. The number of anilines is 2. The maximum absolute atomic E-state index is 12.3. The maximum atomic E-state index is 12.3. The number of hydrogen-bond donors (Lipinski definition) is 2. The van der Waals surface area contributed by atoms with Crippen molar-refractivity contribution in [3.8, 4) is 0 Å². The van der Waals surface area contributed by atoms with Gasteiger partial charge in [-0.1, -0.05) is 32.0 Å². The summed E-state index contributed by atoms with van der Waals surface area (Å²) in [6.07, 6.45) is 1.50. The molecule has 6 heteroatoms. The lowest BCUT2D eigenvalue weighted by Gasteiger charge is -2.14. The van der Waals surface area contributed by atoms with Crippen LogP contribution in [0, 0.1) is 0 Å². The van der Waals surface area contributed by atoms with Gasteiger partial charge in [0.15, 0.2) is 0 Å². The van der Waals surface area contributed by atoms with E-state index in [1.54, 1.807) is 0 Å². The first kappa shape index (κ1) is 19.2. The zero-order valence-corrected chi connectivity index (χ0v) is 15.1. The highest BCUT2D eigenvalue weighted by Gasteiger charge is 2.17. The van der Waals surface area contributed by atoms with Crippen LogP contribution in [0.2, 0.25) is 0 Å². The number of hydrogen-bond acceptors (Lipinski definition) is 4. The van der Waals surface area contributed by atoms with Gasteiger partial charge in [-0.3, -0.25) is 9.59 Å². The Hall–Kier alpha value is -3.15. The third kappa shape index (κ3) is 4.47. The molecule has 2 aromatic rings. The molecule has 0 aliphatic rings. The minimum atomic E-state index is -0.774. The lowest BCUT2D eigenvalue weighted by atomic mass is 10.0. The second-order valence-electron chi connectivity index (χ2n) is 5.64. The molecule has 0 heterocycles. The number of para-hydroxylation sites is 1. The summed E-state index contributed by atoms with van der Waals surface area (Å²) in [7, 11) is 1.29. The Morgan fingerprint density at radius 2 is 1.38 bits per heavy atom. The van der Waals surface area contributed by atoms with E-state index in [1.807, 2.05) is 32.0 Å². The highest BCUT2D eigenvalue weighted by molar-refractivity contribution is 6.43. The number of ether oxygens (including phenoxy) is 1. The minimum Gasteiger partial charge on any atom is -0.465 e. The van der Waals surface area contributed by atoms with Crippen LogP contribution in [0.4, 0.5) is 11.4 Å². The summed E-state index contributed by atoms with van der Waals surface area (Å²) in [4.78, 5) is 35.9.